The highest BCUT2D eigenvalue weighted by Gasteiger charge is 2.36. The first-order valence-electron chi connectivity index (χ1n) is 8.16. The number of carbonyl (C=O) groups excluding carboxylic acids is 1. The molecular weight excluding hydrogens is 296 g/mol. The summed E-state index contributed by atoms with van der Waals surface area (Å²) in [5, 5.41) is 10.1. The summed E-state index contributed by atoms with van der Waals surface area (Å²) in [5.74, 6) is -0.0675. The fraction of sp³-hybridized carbons (Fsp3) is 0.824. The molecular formula is C17H34O4Si. The van der Waals surface area contributed by atoms with Crippen molar-refractivity contribution in [3.8, 4) is 0 Å². The number of aliphatic hydroxyl groups excluding tert-OH is 1. The number of hydrogen-bond acceptors (Lipinski definition) is 4. The summed E-state index contributed by atoms with van der Waals surface area (Å²) >= 11 is 0. The van der Waals surface area contributed by atoms with Gasteiger partial charge in [-0.1, -0.05) is 27.7 Å². The summed E-state index contributed by atoms with van der Waals surface area (Å²) in [5.41, 5.74) is 0. The van der Waals surface area contributed by atoms with E-state index in [2.05, 4.69) is 40.8 Å². The molecule has 5 heteroatoms. The van der Waals surface area contributed by atoms with Gasteiger partial charge < -0.3 is 14.3 Å². The van der Waals surface area contributed by atoms with Gasteiger partial charge in [-0.2, -0.15) is 0 Å². The van der Waals surface area contributed by atoms with E-state index in [-0.39, 0.29) is 5.04 Å². The third kappa shape index (κ3) is 8.71. The maximum Gasteiger partial charge on any atom is 0.330 e. The molecule has 0 heterocycles. The first kappa shape index (κ1) is 21.3. The first-order chi connectivity index (χ1) is 9.99. The fourth-order valence-corrected chi connectivity index (χ4v) is 2.78. The van der Waals surface area contributed by atoms with Gasteiger partial charge in [0.2, 0.25) is 0 Å². The van der Waals surface area contributed by atoms with Gasteiger partial charge in [-0.15, -0.1) is 0 Å². The Morgan fingerprint density at radius 1 is 1.32 bits per heavy atom. The molecule has 0 amide bonds. The van der Waals surface area contributed by atoms with E-state index in [4.69, 9.17) is 9.16 Å². The van der Waals surface area contributed by atoms with Crippen molar-refractivity contribution in [3.05, 3.63) is 12.2 Å². The van der Waals surface area contributed by atoms with Crippen LogP contribution in [0.1, 0.15) is 47.5 Å². The summed E-state index contributed by atoms with van der Waals surface area (Å²) in [7, 11) is -1.69. The highest BCUT2D eigenvalue weighted by atomic mass is 28.4. The van der Waals surface area contributed by atoms with Gasteiger partial charge >= 0.3 is 5.97 Å². The Kier molecular flexibility index (Phi) is 9.20. The van der Waals surface area contributed by atoms with Crippen molar-refractivity contribution < 1.29 is 19.1 Å². The molecule has 0 aromatic heterocycles. The van der Waals surface area contributed by atoms with Crippen LogP contribution in [0.3, 0.4) is 0 Å². The molecule has 0 aromatic rings. The van der Waals surface area contributed by atoms with Crippen LogP contribution in [0.2, 0.25) is 18.1 Å². The SMILES string of the molecule is CCOC(=O)/C=C/[C@H](O)C[C@H](C)CCO[Si](C)(C)C(C)(C)C. The molecule has 0 aliphatic carbocycles. The van der Waals surface area contributed by atoms with E-state index in [1.807, 2.05) is 0 Å². The number of rotatable bonds is 9. The van der Waals surface area contributed by atoms with Gasteiger partial charge in [-0.25, -0.2) is 4.79 Å². The molecule has 22 heavy (non-hydrogen) atoms. The molecule has 0 bridgehead atoms. The predicted octanol–water partition coefficient (Wildman–Crippen LogP) is 3.90. The van der Waals surface area contributed by atoms with Crippen molar-refractivity contribution in [2.45, 2.75) is 71.7 Å². The maximum atomic E-state index is 11.2. The van der Waals surface area contributed by atoms with Gasteiger partial charge in [0.1, 0.15) is 0 Å². The van der Waals surface area contributed by atoms with E-state index in [0.29, 0.717) is 18.9 Å². The van der Waals surface area contributed by atoms with Crippen LogP contribution in [0, 0.1) is 5.92 Å². The molecule has 0 rings (SSSR count). The van der Waals surface area contributed by atoms with Crippen molar-refractivity contribution in [2.75, 3.05) is 13.2 Å². The summed E-state index contributed by atoms with van der Waals surface area (Å²) in [6.07, 6.45) is 3.72. The Hall–Kier alpha value is -0.653. The second-order valence-electron chi connectivity index (χ2n) is 7.42. The second-order valence-corrected chi connectivity index (χ2v) is 12.2. The number of hydrogen-bond donors (Lipinski definition) is 1. The molecule has 0 fully saturated rings. The van der Waals surface area contributed by atoms with Crippen molar-refractivity contribution in [3.63, 3.8) is 0 Å². The van der Waals surface area contributed by atoms with Crippen LogP contribution in [0.4, 0.5) is 0 Å². The van der Waals surface area contributed by atoms with Crippen LogP contribution in [-0.2, 0) is 14.0 Å². The van der Waals surface area contributed by atoms with Gasteiger partial charge in [0.15, 0.2) is 8.32 Å². The number of ether oxygens (including phenoxy) is 1. The zero-order valence-corrected chi connectivity index (χ0v) is 16.3. The lowest BCUT2D eigenvalue weighted by atomic mass is 10.0. The quantitative estimate of drug-likeness (QED) is 0.396. The minimum absolute atomic E-state index is 0.220. The number of carbonyl (C=O) groups is 1. The van der Waals surface area contributed by atoms with E-state index in [1.54, 1.807) is 6.92 Å². The topological polar surface area (TPSA) is 55.8 Å². The average Bonchev–Trinajstić information content (AvgIpc) is 2.35. The summed E-state index contributed by atoms with van der Waals surface area (Å²) in [6, 6.07) is 0. The van der Waals surface area contributed by atoms with E-state index >= 15 is 0 Å². The molecule has 0 saturated carbocycles. The molecule has 1 N–H and O–H groups in total. The van der Waals surface area contributed by atoms with Crippen LogP contribution in [0.15, 0.2) is 12.2 Å². The molecule has 0 aliphatic heterocycles. The lowest BCUT2D eigenvalue weighted by Gasteiger charge is -2.36. The van der Waals surface area contributed by atoms with Crippen LogP contribution in [0.5, 0.6) is 0 Å². The Labute approximate surface area is 137 Å². The lowest BCUT2D eigenvalue weighted by Crippen LogP contribution is -2.41. The normalized spacial score (nSPS) is 15.8. The van der Waals surface area contributed by atoms with Crippen molar-refractivity contribution >= 4 is 14.3 Å². The van der Waals surface area contributed by atoms with Crippen LogP contribution in [0.25, 0.3) is 0 Å². The average molecular weight is 331 g/mol. The second kappa shape index (κ2) is 9.48. The van der Waals surface area contributed by atoms with E-state index < -0.39 is 20.4 Å². The van der Waals surface area contributed by atoms with Crippen molar-refractivity contribution in [1.29, 1.82) is 0 Å². The summed E-state index contributed by atoms with van der Waals surface area (Å²) < 4.78 is 10.9. The monoisotopic (exact) mass is 330 g/mol. The standard InChI is InChI=1S/C17H34O4Si/c1-8-20-16(19)10-9-15(18)13-14(2)11-12-21-22(6,7)17(3,4)5/h9-10,14-15,18H,8,11-13H2,1-7H3/b10-9+/t14-,15+/m1/s1. The highest BCUT2D eigenvalue weighted by Crippen LogP contribution is 2.36. The molecule has 2 atom stereocenters. The van der Waals surface area contributed by atoms with Crippen molar-refractivity contribution in [1.82, 2.24) is 0 Å². The molecule has 4 nitrogen and oxygen atoms in total. The molecule has 0 radical (unpaired) electrons. The third-order valence-electron chi connectivity index (χ3n) is 4.26. The zero-order chi connectivity index (χ0) is 17.4. The highest BCUT2D eigenvalue weighted by molar-refractivity contribution is 6.74. The van der Waals surface area contributed by atoms with Gasteiger partial charge in [-0.3, -0.25) is 0 Å². The van der Waals surface area contributed by atoms with E-state index in [0.717, 1.165) is 13.0 Å². The van der Waals surface area contributed by atoms with Crippen LogP contribution >= 0.6 is 0 Å². The lowest BCUT2D eigenvalue weighted by molar-refractivity contribution is -0.137. The summed E-state index contributed by atoms with van der Waals surface area (Å²) in [4.78, 5) is 11.2. The minimum Gasteiger partial charge on any atom is -0.463 e. The van der Waals surface area contributed by atoms with Crippen molar-refractivity contribution in [2.24, 2.45) is 5.92 Å². The molecule has 130 valence electrons. The maximum absolute atomic E-state index is 11.2. The zero-order valence-electron chi connectivity index (χ0n) is 15.3. The van der Waals surface area contributed by atoms with Gasteiger partial charge in [0.25, 0.3) is 0 Å². The van der Waals surface area contributed by atoms with Crippen LogP contribution < -0.4 is 0 Å². The number of aliphatic hydroxyl groups is 1. The summed E-state index contributed by atoms with van der Waals surface area (Å²) in [6.45, 7) is 16.1. The van der Waals surface area contributed by atoms with Gasteiger partial charge in [-0.05, 0) is 49.9 Å². The largest absolute Gasteiger partial charge is 0.463 e. The van der Waals surface area contributed by atoms with Gasteiger partial charge in [0.05, 0.1) is 12.7 Å². The van der Waals surface area contributed by atoms with Gasteiger partial charge in [0, 0.05) is 12.7 Å². The fourth-order valence-electron chi connectivity index (χ4n) is 1.72. The minimum atomic E-state index is -1.69. The van der Waals surface area contributed by atoms with E-state index in [1.165, 1.54) is 12.2 Å². The molecule has 0 aromatic carbocycles. The molecule has 0 saturated heterocycles. The Balaban J connectivity index is 4.09. The van der Waals surface area contributed by atoms with Crippen LogP contribution in [-0.4, -0.2) is 38.7 Å². The number of esters is 1. The Bertz CT molecular complexity index is 358. The van der Waals surface area contributed by atoms with E-state index in [9.17, 15) is 9.90 Å². The Morgan fingerprint density at radius 3 is 2.41 bits per heavy atom. The third-order valence-corrected chi connectivity index (χ3v) is 8.80. The first-order valence-corrected chi connectivity index (χ1v) is 11.1. The smallest absolute Gasteiger partial charge is 0.330 e. The molecule has 0 unspecified atom stereocenters. The predicted molar refractivity (Wildman–Crippen MR) is 93.3 cm³/mol. The molecule has 0 aliphatic rings. The molecule has 0 spiro atoms. The Morgan fingerprint density at radius 2 is 1.91 bits per heavy atom.